The van der Waals surface area contributed by atoms with Crippen molar-refractivity contribution in [2.24, 2.45) is 0 Å². The fourth-order valence-electron chi connectivity index (χ4n) is 2.88. The maximum Gasteiger partial charge on any atom is 0.139 e. The van der Waals surface area contributed by atoms with Crippen LogP contribution >= 0.6 is 0 Å². The minimum absolute atomic E-state index is 0.0632. The van der Waals surface area contributed by atoms with Gasteiger partial charge in [-0.15, -0.1) is 0 Å². The largest absolute Gasteiger partial charge is 0.383 e. The normalized spacial score (nSPS) is 19.3. The fourth-order valence-corrected chi connectivity index (χ4v) is 2.88. The van der Waals surface area contributed by atoms with Crippen LogP contribution in [-0.4, -0.2) is 36.4 Å². The number of imidazole rings is 1. The molecule has 4 N–H and O–H groups in total. The number of para-hydroxylation sites is 2. The Morgan fingerprint density at radius 2 is 2.22 bits per heavy atom. The van der Waals surface area contributed by atoms with Gasteiger partial charge in [0.2, 0.25) is 0 Å². The van der Waals surface area contributed by atoms with Crippen LogP contribution in [0.1, 0.15) is 5.82 Å². The molecule has 2 aliphatic heterocycles. The van der Waals surface area contributed by atoms with Crippen molar-refractivity contribution in [3.63, 3.8) is 0 Å². The van der Waals surface area contributed by atoms with Gasteiger partial charge < -0.3 is 25.7 Å². The Bertz CT molecular complexity index is 784. The van der Waals surface area contributed by atoms with Gasteiger partial charge in [0, 0.05) is 24.8 Å². The van der Waals surface area contributed by atoms with Gasteiger partial charge in [-0.1, -0.05) is 12.1 Å². The molecule has 0 bridgehead atoms. The number of H-pyrrole nitrogens is 1. The molecule has 2 aliphatic rings. The highest BCUT2D eigenvalue weighted by Crippen LogP contribution is 2.28. The summed E-state index contributed by atoms with van der Waals surface area (Å²) in [6.07, 6.45) is 6.20. The van der Waals surface area contributed by atoms with Crippen LogP contribution in [0, 0.1) is 0 Å². The van der Waals surface area contributed by atoms with E-state index in [1.165, 1.54) is 5.57 Å². The number of aromatic nitrogens is 2. The summed E-state index contributed by atoms with van der Waals surface area (Å²) in [5, 5.41) is 10.1. The first-order valence-corrected chi connectivity index (χ1v) is 7.68. The van der Waals surface area contributed by atoms with Gasteiger partial charge in [0.1, 0.15) is 17.8 Å². The number of dihydropyridines is 1. The standard InChI is InChI=1S/C17H19N5O/c1-23-9-8-18-15-10-12(11-6-7-19-16(11)22-15)17-20-13-4-2-3-5-14(13)21-17/h2-7,10,16,18-19,22H,8-9H2,1H3,(H,20,21). The highest BCUT2D eigenvalue weighted by atomic mass is 16.5. The van der Waals surface area contributed by atoms with E-state index >= 15 is 0 Å². The number of rotatable bonds is 5. The quantitative estimate of drug-likeness (QED) is 0.629. The second-order valence-electron chi connectivity index (χ2n) is 5.53. The van der Waals surface area contributed by atoms with Crippen LogP contribution in [-0.2, 0) is 4.74 Å². The Kier molecular flexibility index (Phi) is 3.51. The first kappa shape index (κ1) is 13.9. The van der Waals surface area contributed by atoms with E-state index in [-0.39, 0.29) is 6.17 Å². The molecule has 23 heavy (non-hydrogen) atoms. The SMILES string of the molecule is COCCNC1=CC(c2nc3ccccc3[nH]2)=C2C=CNC2N1. The topological polar surface area (TPSA) is 74.0 Å². The summed E-state index contributed by atoms with van der Waals surface area (Å²) < 4.78 is 5.09. The Hall–Kier alpha value is -2.73. The predicted octanol–water partition coefficient (Wildman–Crippen LogP) is 1.44. The highest BCUT2D eigenvalue weighted by molar-refractivity contribution is 5.84. The summed E-state index contributed by atoms with van der Waals surface area (Å²) >= 11 is 0. The number of hydrogen-bond acceptors (Lipinski definition) is 5. The molecule has 6 heteroatoms. The van der Waals surface area contributed by atoms with Gasteiger partial charge in [0.15, 0.2) is 0 Å². The lowest BCUT2D eigenvalue weighted by Gasteiger charge is -2.26. The molecule has 0 fully saturated rings. The highest BCUT2D eigenvalue weighted by Gasteiger charge is 2.26. The molecule has 0 saturated heterocycles. The number of aromatic amines is 1. The Morgan fingerprint density at radius 3 is 3.09 bits per heavy atom. The van der Waals surface area contributed by atoms with E-state index in [9.17, 15) is 0 Å². The van der Waals surface area contributed by atoms with Gasteiger partial charge in [-0.05, 0) is 30.5 Å². The van der Waals surface area contributed by atoms with Crippen molar-refractivity contribution >= 4 is 16.6 Å². The van der Waals surface area contributed by atoms with E-state index in [0.717, 1.165) is 34.8 Å². The summed E-state index contributed by atoms with van der Waals surface area (Å²) in [4.78, 5) is 8.14. The Morgan fingerprint density at radius 1 is 1.30 bits per heavy atom. The van der Waals surface area contributed by atoms with Crippen molar-refractivity contribution in [1.82, 2.24) is 25.9 Å². The second kappa shape index (κ2) is 5.81. The molecule has 0 aliphatic carbocycles. The monoisotopic (exact) mass is 309 g/mol. The maximum absolute atomic E-state index is 5.09. The molecular formula is C17H19N5O. The van der Waals surface area contributed by atoms with E-state index in [2.05, 4.69) is 33.1 Å². The van der Waals surface area contributed by atoms with Crippen molar-refractivity contribution in [1.29, 1.82) is 0 Å². The van der Waals surface area contributed by atoms with Crippen molar-refractivity contribution in [3.05, 3.63) is 59.8 Å². The summed E-state index contributed by atoms with van der Waals surface area (Å²) in [5.41, 5.74) is 4.29. The summed E-state index contributed by atoms with van der Waals surface area (Å²) in [7, 11) is 1.70. The van der Waals surface area contributed by atoms with Crippen LogP contribution in [0.25, 0.3) is 16.6 Å². The number of allylic oxidation sites excluding steroid dienone is 2. The van der Waals surface area contributed by atoms with Crippen LogP contribution in [0.3, 0.4) is 0 Å². The van der Waals surface area contributed by atoms with Gasteiger partial charge in [-0.3, -0.25) is 0 Å². The van der Waals surface area contributed by atoms with Gasteiger partial charge in [0.25, 0.3) is 0 Å². The number of ether oxygens (including phenoxy) is 1. The van der Waals surface area contributed by atoms with E-state index in [1.54, 1.807) is 7.11 Å². The van der Waals surface area contributed by atoms with Crippen molar-refractivity contribution in [2.45, 2.75) is 6.17 Å². The molecule has 118 valence electrons. The van der Waals surface area contributed by atoms with Crippen LogP contribution in [0.15, 0.2) is 54.0 Å². The average Bonchev–Trinajstić information content (AvgIpc) is 3.20. The molecule has 1 aromatic heterocycles. The molecule has 3 heterocycles. The molecule has 1 unspecified atom stereocenters. The fraction of sp³-hybridized carbons (Fsp3) is 0.235. The minimum atomic E-state index is 0.0632. The molecule has 4 rings (SSSR count). The first-order valence-electron chi connectivity index (χ1n) is 7.68. The predicted molar refractivity (Wildman–Crippen MR) is 90.2 cm³/mol. The third-order valence-electron chi connectivity index (χ3n) is 4.00. The summed E-state index contributed by atoms with van der Waals surface area (Å²) in [6, 6.07) is 8.07. The minimum Gasteiger partial charge on any atom is -0.383 e. The second-order valence-corrected chi connectivity index (χ2v) is 5.53. The van der Waals surface area contributed by atoms with Gasteiger partial charge in [0.05, 0.1) is 17.6 Å². The van der Waals surface area contributed by atoms with E-state index < -0.39 is 0 Å². The summed E-state index contributed by atoms with van der Waals surface area (Å²) in [6.45, 7) is 1.41. The molecule has 0 radical (unpaired) electrons. The first-order chi connectivity index (χ1) is 11.3. The Labute approximate surface area is 134 Å². The van der Waals surface area contributed by atoms with Crippen molar-refractivity contribution in [3.8, 4) is 0 Å². The van der Waals surface area contributed by atoms with E-state index in [1.807, 2.05) is 30.5 Å². The molecule has 6 nitrogen and oxygen atoms in total. The molecular weight excluding hydrogens is 290 g/mol. The zero-order valence-electron chi connectivity index (χ0n) is 12.9. The van der Waals surface area contributed by atoms with Gasteiger partial charge in [-0.25, -0.2) is 4.98 Å². The zero-order chi connectivity index (χ0) is 15.6. The van der Waals surface area contributed by atoms with Crippen LogP contribution in [0.5, 0.6) is 0 Å². The maximum atomic E-state index is 5.09. The molecule has 1 aromatic carbocycles. The van der Waals surface area contributed by atoms with E-state index in [0.29, 0.717) is 6.61 Å². The van der Waals surface area contributed by atoms with E-state index in [4.69, 9.17) is 9.72 Å². The van der Waals surface area contributed by atoms with Crippen LogP contribution in [0.4, 0.5) is 0 Å². The number of fused-ring (bicyclic) bond motifs is 2. The van der Waals surface area contributed by atoms with Crippen molar-refractivity contribution < 1.29 is 4.74 Å². The number of nitrogens with zero attached hydrogens (tertiary/aromatic N) is 1. The lowest BCUT2D eigenvalue weighted by atomic mass is 10.0. The van der Waals surface area contributed by atoms with Crippen LogP contribution in [0.2, 0.25) is 0 Å². The molecule has 0 spiro atoms. The molecule has 0 saturated carbocycles. The van der Waals surface area contributed by atoms with Crippen molar-refractivity contribution in [2.75, 3.05) is 20.3 Å². The lowest BCUT2D eigenvalue weighted by molar-refractivity contribution is 0.201. The number of nitrogens with one attached hydrogen (secondary N) is 4. The molecule has 1 atom stereocenters. The third kappa shape index (κ3) is 2.57. The van der Waals surface area contributed by atoms with Gasteiger partial charge in [-0.2, -0.15) is 0 Å². The van der Waals surface area contributed by atoms with Crippen LogP contribution < -0.4 is 16.0 Å². The zero-order valence-corrected chi connectivity index (χ0v) is 12.9. The number of methoxy groups -OCH3 is 1. The average molecular weight is 309 g/mol. The number of hydrogen-bond donors (Lipinski definition) is 4. The number of benzene rings is 1. The Balaban J connectivity index is 1.72. The molecule has 0 amide bonds. The lowest BCUT2D eigenvalue weighted by Crippen LogP contribution is -2.44. The molecule has 2 aromatic rings. The summed E-state index contributed by atoms with van der Waals surface area (Å²) in [5.74, 6) is 1.84. The third-order valence-corrected chi connectivity index (χ3v) is 4.00. The smallest absolute Gasteiger partial charge is 0.139 e. The van der Waals surface area contributed by atoms with Gasteiger partial charge >= 0.3 is 0 Å².